The van der Waals surface area contributed by atoms with Crippen molar-refractivity contribution in [1.29, 1.82) is 0 Å². The molecule has 11 heteroatoms. The van der Waals surface area contributed by atoms with Crippen molar-refractivity contribution in [1.82, 2.24) is 15.6 Å². The number of carbonyl (C=O) groups is 3. The number of unbranched alkanes of at least 4 members (excludes halogenated alkanes) is 2. The van der Waals surface area contributed by atoms with Crippen LogP contribution in [0.5, 0.6) is 5.75 Å². The number of benzene rings is 2. The molecule has 0 saturated heterocycles. The van der Waals surface area contributed by atoms with E-state index in [1.165, 1.54) is 7.11 Å². The quantitative estimate of drug-likeness (QED) is 0.175. The molecule has 3 aliphatic heterocycles. The van der Waals surface area contributed by atoms with Crippen molar-refractivity contribution in [3.63, 3.8) is 0 Å². The number of oxazole rings is 1. The molecule has 0 aliphatic carbocycles. The number of amides is 2. The van der Waals surface area contributed by atoms with Gasteiger partial charge in [-0.1, -0.05) is 63.3 Å². The van der Waals surface area contributed by atoms with Crippen molar-refractivity contribution < 1.29 is 33.4 Å². The molecule has 240 valence electrons. The molecule has 0 fully saturated rings. The molecular weight excluding hydrogens is 588 g/mol. The molecule has 4 unspecified atom stereocenters. The number of esters is 1. The van der Waals surface area contributed by atoms with Gasteiger partial charge in [0.2, 0.25) is 11.8 Å². The maximum atomic E-state index is 14.1. The Kier molecular flexibility index (Phi) is 8.49. The number of anilines is 1. The van der Waals surface area contributed by atoms with Gasteiger partial charge >= 0.3 is 5.97 Å². The number of para-hydroxylation sites is 1. The summed E-state index contributed by atoms with van der Waals surface area (Å²) in [4.78, 5) is 44.2. The Morgan fingerprint density at radius 2 is 2.02 bits per heavy atom. The largest absolute Gasteiger partial charge is 0.469 e. The molecule has 4 atom stereocenters. The Morgan fingerprint density at radius 1 is 1.20 bits per heavy atom. The van der Waals surface area contributed by atoms with Gasteiger partial charge in [0.05, 0.1) is 19.4 Å². The van der Waals surface area contributed by atoms with Crippen molar-refractivity contribution in [2.75, 3.05) is 19.0 Å². The molecule has 4 bridgehead atoms. The van der Waals surface area contributed by atoms with Crippen LogP contribution in [0.3, 0.4) is 0 Å². The summed E-state index contributed by atoms with van der Waals surface area (Å²) in [6.45, 7) is 5.29. The van der Waals surface area contributed by atoms with Gasteiger partial charge in [0.25, 0.3) is 5.91 Å². The fourth-order valence-electron chi connectivity index (χ4n) is 6.44. The number of ether oxygens (including phenoxy) is 2. The number of rotatable bonds is 7. The lowest BCUT2D eigenvalue weighted by Gasteiger charge is -2.28. The van der Waals surface area contributed by atoms with E-state index in [9.17, 15) is 19.5 Å². The van der Waals surface area contributed by atoms with Gasteiger partial charge in [0, 0.05) is 29.5 Å². The summed E-state index contributed by atoms with van der Waals surface area (Å²) in [6, 6.07) is 9.65. The van der Waals surface area contributed by atoms with Crippen LogP contribution in [0, 0.1) is 17.8 Å². The van der Waals surface area contributed by atoms with Crippen molar-refractivity contribution in [2.24, 2.45) is 5.92 Å². The Hall–Kier alpha value is -4.82. The number of hydrogen-bond acceptors (Lipinski definition) is 9. The molecule has 3 aliphatic rings. The van der Waals surface area contributed by atoms with Crippen LogP contribution in [-0.2, 0) is 26.2 Å². The molecule has 4 heterocycles. The lowest BCUT2D eigenvalue weighted by Crippen LogP contribution is -2.46. The second kappa shape index (κ2) is 12.5. The first-order valence-corrected chi connectivity index (χ1v) is 15.7. The maximum absolute atomic E-state index is 14.1. The van der Waals surface area contributed by atoms with Crippen LogP contribution >= 0.6 is 0 Å². The van der Waals surface area contributed by atoms with Crippen molar-refractivity contribution in [2.45, 2.75) is 76.6 Å². The molecule has 11 nitrogen and oxygen atoms in total. The molecule has 0 saturated carbocycles. The van der Waals surface area contributed by atoms with Crippen molar-refractivity contribution >= 4 is 23.5 Å². The summed E-state index contributed by atoms with van der Waals surface area (Å²) in [5.74, 6) is 5.63. The summed E-state index contributed by atoms with van der Waals surface area (Å²) in [5, 5.41) is 19.0. The number of carbonyl (C=O) groups excluding carboxylic acids is 3. The van der Waals surface area contributed by atoms with Crippen LogP contribution in [0.4, 0.5) is 5.69 Å². The molecule has 0 radical (unpaired) electrons. The zero-order valence-electron chi connectivity index (χ0n) is 26.4. The molecule has 3 aromatic rings. The average molecular weight is 627 g/mol. The number of methoxy groups -OCH3 is 1. The highest BCUT2D eigenvalue weighted by atomic mass is 16.5. The normalized spacial score (nSPS) is 21.2. The van der Waals surface area contributed by atoms with E-state index in [2.05, 4.69) is 34.7 Å². The minimum absolute atomic E-state index is 0.0996. The van der Waals surface area contributed by atoms with Gasteiger partial charge in [-0.25, -0.2) is 9.78 Å². The van der Waals surface area contributed by atoms with Crippen molar-refractivity contribution in [3.8, 4) is 17.6 Å². The van der Waals surface area contributed by atoms with Gasteiger partial charge in [0.1, 0.15) is 17.2 Å². The third-order valence-electron chi connectivity index (χ3n) is 8.83. The molecule has 1 aromatic heterocycles. The minimum Gasteiger partial charge on any atom is -0.469 e. The minimum atomic E-state index is -1.33. The Morgan fingerprint density at radius 3 is 2.76 bits per heavy atom. The van der Waals surface area contributed by atoms with E-state index >= 15 is 0 Å². The van der Waals surface area contributed by atoms with E-state index in [0.717, 1.165) is 47.2 Å². The molecule has 1 spiro atoms. The second-order valence-electron chi connectivity index (χ2n) is 12.2. The van der Waals surface area contributed by atoms with Crippen molar-refractivity contribution in [3.05, 3.63) is 76.0 Å². The van der Waals surface area contributed by atoms with Gasteiger partial charge in [-0.05, 0) is 36.5 Å². The average Bonchev–Trinajstić information content (AvgIpc) is 3.72. The SMILES string of the molecule is CCCCC#Cc1cccc2c1NC1Oc3ccc4cc3C21c1oc(nc1C(=O)NC(CO)C(=O)OC)C(C(C)C)NC(=O)CC4. The van der Waals surface area contributed by atoms with Crippen LogP contribution in [0.15, 0.2) is 40.8 Å². The number of nitrogens with one attached hydrogen (secondary N) is 3. The Balaban J connectivity index is 1.62. The van der Waals surface area contributed by atoms with Gasteiger partial charge in [0.15, 0.2) is 23.7 Å². The van der Waals surface area contributed by atoms with E-state index < -0.39 is 42.2 Å². The lowest BCUT2D eigenvalue weighted by atomic mass is 9.72. The fraction of sp³-hybridized carbons (Fsp3) is 0.429. The Labute approximate surface area is 267 Å². The number of fused-ring (bicyclic) bond motifs is 4. The van der Waals surface area contributed by atoms with Crippen LogP contribution in [-0.4, -0.2) is 53.9 Å². The monoisotopic (exact) mass is 626 g/mol. The van der Waals surface area contributed by atoms with Gasteiger partial charge < -0.3 is 34.9 Å². The fourth-order valence-corrected chi connectivity index (χ4v) is 6.44. The highest BCUT2D eigenvalue weighted by Crippen LogP contribution is 2.59. The van der Waals surface area contributed by atoms with Gasteiger partial charge in [-0.15, -0.1) is 0 Å². The first-order chi connectivity index (χ1) is 22.2. The molecule has 46 heavy (non-hydrogen) atoms. The first-order valence-electron chi connectivity index (χ1n) is 15.7. The molecule has 2 amide bonds. The van der Waals surface area contributed by atoms with E-state index in [1.807, 2.05) is 50.2 Å². The number of aliphatic hydroxyl groups is 1. The zero-order chi connectivity index (χ0) is 32.6. The van der Waals surface area contributed by atoms with Crippen LogP contribution in [0.2, 0.25) is 0 Å². The predicted octanol–water partition coefficient (Wildman–Crippen LogP) is 3.72. The Bertz CT molecular complexity index is 1750. The third kappa shape index (κ3) is 5.16. The summed E-state index contributed by atoms with van der Waals surface area (Å²) >= 11 is 0. The van der Waals surface area contributed by atoms with Crippen LogP contribution < -0.4 is 20.7 Å². The lowest BCUT2D eigenvalue weighted by molar-refractivity contribution is -0.143. The number of nitrogens with zero attached hydrogens (tertiary/aromatic N) is 1. The topological polar surface area (TPSA) is 152 Å². The maximum Gasteiger partial charge on any atom is 0.330 e. The van der Waals surface area contributed by atoms with E-state index in [1.54, 1.807) is 0 Å². The highest BCUT2D eigenvalue weighted by Gasteiger charge is 2.61. The number of aliphatic hydroxyl groups excluding tert-OH is 1. The number of hydrogen-bond donors (Lipinski definition) is 4. The standard InChI is InChI=1S/C35H38N4O7/c1-5-6-7-8-10-21-11-9-12-22-28(21)39-34-35(22)23-17-20(13-15-25(23)45-34)14-16-26(41)37-27(19(2)3)32-38-29(30(35)46-32)31(42)36-24(18-40)33(43)44-4/h9,11-13,15,17,19,24,27,34,39-40H,5-7,14,16,18H2,1-4H3,(H,36,42)(H,37,41). The first kappa shape index (κ1) is 31.2. The summed E-state index contributed by atoms with van der Waals surface area (Å²) in [5.41, 5.74) is 2.72. The molecule has 6 rings (SSSR count). The number of aryl methyl sites for hydroxylation is 1. The molecule has 2 aromatic carbocycles. The second-order valence-corrected chi connectivity index (χ2v) is 12.2. The highest BCUT2D eigenvalue weighted by molar-refractivity contribution is 5.97. The zero-order valence-corrected chi connectivity index (χ0v) is 26.4. The molecular formula is C35H38N4O7. The van der Waals surface area contributed by atoms with Gasteiger partial charge in [-0.3, -0.25) is 9.59 Å². The summed E-state index contributed by atoms with van der Waals surface area (Å²) in [6.07, 6.45) is 2.80. The van der Waals surface area contributed by atoms with E-state index in [4.69, 9.17) is 18.9 Å². The van der Waals surface area contributed by atoms with E-state index in [0.29, 0.717) is 12.2 Å². The van der Waals surface area contributed by atoms with Crippen LogP contribution in [0.1, 0.15) is 96.9 Å². The summed E-state index contributed by atoms with van der Waals surface area (Å²) in [7, 11) is 1.17. The third-order valence-corrected chi connectivity index (χ3v) is 8.83. The smallest absolute Gasteiger partial charge is 0.330 e. The van der Waals surface area contributed by atoms with E-state index in [-0.39, 0.29) is 35.6 Å². The molecule has 4 N–H and O–H groups in total. The van der Waals surface area contributed by atoms with Gasteiger partial charge in [-0.2, -0.15) is 0 Å². The number of aromatic nitrogens is 1. The van der Waals surface area contributed by atoms with Crippen LogP contribution in [0.25, 0.3) is 0 Å². The summed E-state index contributed by atoms with van der Waals surface area (Å²) < 4.78 is 18.0. The predicted molar refractivity (Wildman–Crippen MR) is 168 cm³/mol.